The summed E-state index contributed by atoms with van der Waals surface area (Å²) in [7, 11) is 1.51. The zero-order chi connectivity index (χ0) is 18.7. The summed E-state index contributed by atoms with van der Waals surface area (Å²) < 4.78 is 34.2. The Morgan fingerprint density at radius 3 is 2.69 bits per heavy atom. The number of benzene rings is 2. The third-order valence-electron chi connectivity index (χ3n) is 4.43. The summed E-state index contributed by atoms with van der Waals surface area (Å²) in [5, 5.41) is 7.67. The van der Waals surface area contributed by atoms with Crippen LogP contribution < -0.4 is 10.1 Å². The molecule has 26 heavy (non-hydrogen) atoms. The molecule has 0 radical (unpaired) electrons. The zero-order valence-electron chi connectivity index (χ0n) is 15.0. The molecule has 2 aromatic carbocycles. The highest BCUT2D eigenvalue weighted by Gasteiger charge is 2.15. The van der Waals surface area contributed by atoms with Crippen molar-refractivity contribution in [1.82, 2.24) is 15.1 Å². The number of aromatic nitrogens is 2. The molecule has 1 aromatic heterocycles. The average Bonchev–Trinajstić information content (AvgIpc) is 3.02. The van der Waals surface area contributed by atoms with Gasteiger partial charge < -0.3 is 10.1 Å². The van der Waals surface area contributed by atoms with Crippen LogP contribution in [0, 0.1) is 18.6 Å². The van der Waals surface area contributed by atoms with Gasteiger partial charge in [-0.3, -0.25) is 0 Å². The standard InChI is InChI=1S/C20H21F2N3O/c1-13(23-11-15-7-8-18(26-3)10-20(15)22)19-12-24-25(14(19)2)17-6-4-5-16(21)9-17/h4-10,12-13,23H,11H2,1-3H3/t13-/m0/s1. The molecule has 0 aliphatic heterocycles. The van der Waals surface area contributed by atoms with Gasteiger partial charge in [-0.2, -0.15) is 5.10 Å². The van der Waals surface area contributed by atoms with Gasteiger partial charge in [0.15, 0.2) is 0 Å². The van der Waals surface area contributed by atoms with Crippen LogP contribution in [0.1, 0.15) is 29.8 Å². The summed E-state index contributed by atoms with van der Waals surface area (Å²) in [6.45, 7) is 4.29. The second-order valence-electron chi connectivity index (χ2n) is 6.14. The minimum atomic E-state index is -0.309. The van der Waals surface area contributed by atoms with Crippen LogP contribution in [-0.2, 0) is 6.54 Å². The van der Waals surface area contributed by atoms with Crippen molar-refractivity contribution in [3.63, 3.8) is 0 Å². The molecule has 1 atom stereocenters. The highest BCUT2D eigenvalue weighted by atomic mass is 19.1. The molecular formula is C20H21F2N3O. The van der Waals surface area contributed by atoms with Crippen LogP contribution in [0.5, 0.6) is 5.75 Å². The summed E-state index contributed by atoms with van der Waals surface area (Å²) >= 11 is 0. The summed E-state index contributed by atoms with van der Waals surface area (Å²) in [5.41, 5.74) is 3.11. The number of methoxy groups -OCH3 is 1. The second-order valence-corrected chi connectivity index (χ2v) is 6.14. The van der Waals surface area contributed by atoms with Gasteiger partial charge in [-0.05, 0) is 38.1 Å². The fourth-order valence-electron chi connectivity index (χ4n) is 2.89. The van der Waals surface area contributed by atoms with Gasteiger partial charge in [0, 0.05) is 35.5 Å². The van der Waals surface area contributed by atoms with Crippen molar-refractivity contribution >= 4 is 0 Å². The van der Waals surface area contributed by atoms with Gasteiger partial charge in [0.1, 0.15) is 17.4 Å². The first-order valence-corrected chi connectivity index (χ1v) is 8.36. The Balaban J connectivity index is 1.74. The Labute approximate surface area is 151 Å². The average molecular weight is 357 g/mol. The van der Waals surface area contributed by atoms with Gasteiger partial charge in [0.2, 0.25) is 0 Å². The number of ether oxygens (including phenoxy) is 1. The molecule has 0 aliphatic rings. The van der Waals surface area contributed by atoms with Crippen LogP contribution >= 0.6 is 0 Å². The Hall–Kier alpha value is -2.73. The Bertz CT molecular complexity index is 908. The summed E-state index contributed by atoms with van der Waals surface area (Å²) in [6.07, 6.45) is 1.75. The van der Waals surface area contributed by atoms with Crippen LogP contribution in [0.2, 0.25) is 0 Å². The lowest BCUT2D eigenvalue weighted by molar-refractivity contribution is 0.410. The molecule has 0 bridgehead atoms. The molecule has 0 fully saturated rings. The molecule has 1 N–H and O–H groups in total. The fourth-order valence-corrected chi connectivity index (χ4v) is 2.89. The van der Waals surface area contributed by atoms with Gasteiger partial charge >= 0.3 is 0 Å². The van der Waals surface area contributed by atoms with Crippen LogP contribution in [0.4, 0.5) is 8.78 Å². The van der Waals surface area contributed by atoms with Crippen molar-refractivity contribution in [2.24, 2.45) is 0 Å². The maximum absolute atomic E-state index is 14.1. The molecule has 0 amide bonds. The first-order chi connectivity index (χ1) is 12.5. The molecule has 0 aliphatic carbocycles. The lowest BCUT2D eigenvalue weighted by Crippen LogP contribution is -2.19. The van der Waals surface area contributed by atoms with Crippen molar-refractivity contribution in [2.45, 2.75) is 26.4 Å². The van der Waals surface area contributed by atoms with Crippen molar-refractivity contribution in [2.75, 3.05) is 7.11 Å². The van der Waals surface area contributed by atoms with E-state index in [0.717, 1.165) is 11.3 Å². The van der Waals surface area contributed by atoms with Crippen molar-refractivity contribution in [3.05, 3.63) is 77.1 Å². The Kier molecular flexibility index (Phi) is 5.32. The monoisotopic (exact) mass is 357 g/mol. The molecule has 0 spiro atoms. The Morgan fingerprint density at radius 1 is 1.19 bits per heavy atom. The minimum absolute atomic E-state index is 0.0428. The molecular weight excluding hydrogens is 336 g/mol. The van der Waals surface area contributed by atoms with Gasteiger partial charge in [-0.25, -0.2) is 13.5 Å². The minimum Gasteiger partial charge on any atom is -0.497 e. The largest absolute Gasteiger partial charge is 0.497 e. The smallest absolute Gasteiger partial charge is 0.131 e. The van der Waals surface area contributed by atoms with Crippen LogP contribution in [0.3, 0.4) is 0 Å². The predicted molar refractivity (Wildman–Crippen MR) is 96.5 cm³/mol. The molecule has 136 valence electrons. The van der Waals surface area contributed by atoms with E-state index in [9.17, 15) is 8.78 Å². The number of nitrogens with one attached hydrogen (secondary N) is 1. The first kappa shape index (κ1) is 18.1. The van der Waals surface area contributed by atoms with E-state index in [1.54, 1.807) is 35.1 Å². The maximum Gasteiger partial charge on any atom is 0.131 e. The molecule has 0 saturated carbocycles. The van der Waals surface area contributed by atoms with E-state index in [2.05, 4.69) is 10.4 Å². The lowest BCUT2D eigenvalue weighted by atomic mass is 10.1. The third-order valence-corrected chi connectivity index (χ3v) is 4.43. The molecule has 0 unspecified atom stereocenters. The molecule has 4 nitrogen and oxygen atoms in total. The summed E-state index contributed by atoms with van der Waals surface area (Å²) in [5.74, 6) is -0.122. The van der Waals surface area contributed by atoms with E-state index in [1.807, 2.05) is 13.8 Å². The van der Waals surface area contributed by atoms with Gasteiger partial charge in [0.05, 0.1) is 19.0 Å². The van der Waals surface area contributed by atoms with E-state index < -0.39 is 0 Å². The first-order valence-electron chi connectivity index (χ1n) is 8.36. The quantitative estimate of drug-likeness (QED) is 0.714. The SMILES string of the molecule is COc1ccc(CN[C@@H](C)c2cnn(-c3cccc(F)c3)c2C)c(F)c1. The number of halogens is 2. The van der Waals surface area contributed by atoms with Crippen LogP contribution in [0.25, 0.3) is 5.69 Å². The van der Waals surface area contributed by atoms with E-state index in [0.29, 0.717) is 23.5 Å². The van der Waals surface area contributed by atoms with E-state index >= 15 is 0 Å². The van der Waals surface area contributed by atoms with Crippen molar-refractivity contribution in [3.8, 4) is 11.4 Å². The normalized spacial score (nSPS) is 12.2. The fraction of sp³-hybridized carbons (Fsp3) is 0.250. The van der Waals surface area contributed by atoms with E-state index in [1.165, 1.54) is 25.3 Å². The third kappa shape index (κ3) is 3.75. The van der Waals surface area contributed by atoms with E-state index in [4.69, 9.17) is 4.74 Å². The van der Waals surface area contributed by atoms with Crippen LogP contribution in [-0.4, -0.2) is 16.9 Å². The summed E-state index contributed by atoms with van der Waals surface area (Å²) in [6, 6.07) is 11.1. The Morgan fingerprint density at radius 2 is 2.00 bits per heavy atom. The molecule has 6 heteroatoms. The lowest BCUT2D eigenvalue weighted by Gasteiger charge is -2.15. The number of hydrogen-bond donors (Lipinski definition) is 1. The van der Waals surface area contributed by atoms with Crippen LogP contribution in [0.15, 0.2) is 48.7 Å². The number of hydrogen-bond acceptors (Lipinski definition) is 3. The molecule has 3 rings (SSSR count). The van der Waals surface area contributed by atoms with Crippen molar-refractivity contribution in [1.29, 1.82) is 0 Å². The van der Waals surface area contributed by atoms with Gasteiger partial charge in [-0.15, -0.1) is 0 Å². The van der Waals surface area contributed by atoms with Gasteiger partial charge in [-0.1, -0.05) is 12.1 Å². The molecule has 1 heterocycles. The maximum atomic E-state index is 14.1. The van der Waals surface area contributed by atoms with E-state index in [-0.39, 0.29) is 17.7 Å². The molecule has 3 aromatic rings. The highest BCUT2D eigenvalue weighted by molar-refractivity contribution is 5.36. The number of rotatable bonds is 6. The predicted octanol–water partition coefficient (Wildman–Crippen LogP) is 4.32. The van der Waals surface area contributed by atoms with Gasteiger partial charge in [0.25, 0.3) is 0 Å². The zero-order valence-corrected chi connectivity index (χ0v) is 15.0. The van der Waals surface area contributed by atoms with Crippen molar-refractivity contribution < 1.29 is 13.5 Å². The topological polar surface area (TPSA) is 39.1 Å². The summed E-state index contributed by atoms with van der Waals surface area (Å²) in [4.78, 5) is 0. The second kappa shape index (κ2) is 7.66. The molecule has 0 saturated heterocycles. The highest BCUT2D eigenvalue weighted by Crippen LogP contribution is 2.22. The number of nitrogens with zero attached hydrogens (tertiary/aromatic N) is 2.